The summed E-state index contributed by atoms with van der Waals surface area (Å²) in [4.78, 5) is 2.66. The monoisotopic (exact) mass is 1270 g/mol. The number of nitrogens with zero attached hydrogens (tertiary/aromatic N) is 14. The number of aromatic nitrogens is 12. The Kier molecular flexibility index (Phi) is 17.8. The van der Waals surface area contributed by atoms with E-state index >= 15 is 0 Å². The molecular weight excluding hydrogens is 1210 g/mol. The largest absolute Gasteiger partial charge is 0.257 e. The predicted octanol–water partition coefficient (Wildman–Crippen LogP) is 18.2. The summed E-state index contributed by atoms with van der Waals surface area (Å²) in [6.07, 6.45) is 8.71. The number of H-pyrrole nitrogens is 1. The van der Waals surface area contributed by atoms with E-state index in [0.717, 1.165) is 95.6 Å². The molecule has 15 nitrogen and oxygen atoms in total. The van der Waals surface area contributed by atoms with Gasteiger partial charge < -0.3 is 0 Å². The molecule has 470 valence electrons. The van der Waals surface area contributed by atoms with E-state index in [4.69, 9.17) is 25.9 Å². The van der Waals surface area contributed by atoms with Crippen LogP contribution in [0.5, 0.6) is 0 Å². The quantitative estimate of drug-likeness (QED) is 0.0614. The molecule has 4 aromatic heterocycles. The van der Waals surface area contributed by atoms with Crippen molar-refractivity contribution in [3.63, 3.8) is 0 Å². The first-order valence-corrected chi connectivity index (χ1v) is 32.5. The predicted molar refractivity (Wildman–Crippen MR) is 389 cm³/mol. The molecule has 15 heteroatoms. The average molecular weight is 1270 g/mol. The first-order valence-electron chi connectivity index (χ1n) is 32.5. The molecule has 0 saturated heterocycles. The van der Waals surface area contributed by atoms with Gasteiger partial charge >= 0.3 is 0 Å². The molecule has 3 aliphatic rings. The molecule has 0 radical (unpaired) electrons. The number of aromatic amines is 1. The molecule has 3 aliphatic carbocycles. The highest BCUT2D eigenvalue weighted by atomic mass is 15.5. The second-order valence-corrected chi connectivity index (χ2v) is 23.8. The molecule has 0 bridgehead atoms. The standard InChI is InChI=1S/2C30H22N6.C16H12.C7H7N3/c1-3-11-21(12-4-1)19-35-29-25-17-9-7-15-23(25)28-30(26-18-10-8-16-24(26)27(29)31-33-35)36(34-32-28)20-22-13-5-2-6-14-22;1-3-11-21(12-4-1)19-35-29-25-17-9-10-18-26(25)30-28(24-16-8-7-15-23(24)27(29)31-33-35)32-34-36(30)20-22-13-5-2-6-14-22;1-2-6-14-11-12-16-8-4-3-7-15(16)10-9-13(14)5-1;8-10-9-6-7-4-2-1-3-5-7/h2*1-18H,19-20H2;1-12H;1-5H,6H2/p+1/b;;10-9-,12-11?,13-9?,14-11?,15-10?,16-12?;. The van der Waals surface area contributed by atoms with E-state index in [9.17, 15) is 0 Å². The van der Waals surface area contributed by atoms with Gasteiger partial charge in [0.15, 0.2) is 0 Å². The fraction of sp³-hybridized carbons (Fsp3) is 0.0602. The van der Waals surface area contributed by atoms with E-state index in [1.165, 1.54) is 44.5 Å². The highest BCUT2D eigenvalue weighted by molar-refractivity contribution is 6.00. The Balaban J connectivity index is 0.000000118. The highest BCUT2D eigenvalue weighted by Crippen LogP contribution is 2.48. The molecule has 0 fully saturated rings. The minimum Gasteiger partial charge on any atom is -0.240 e. The first kappa shape index (κ1) is 61.0. The van der Waals surface area contributed by atoms with Gasteiger partial charge in [-0.25, -0.2) is 14.0 Å². The fourth-order valence-electron chi connectivity index (χ4n) is 12.8. The van der Waals surface area contributed by atoms with Gasteiger partial charge in [-0.3, -0.25) is 0 Å². The molecule has 98 heavy (non-hydrogen) atoms. The van der Waals surface area contributed by atoms with Crippen LogP contribution in [0.1, 0.15) is 50.1 Å². The minimum absolute atomic E-state index is 0.442. The van der Waals surface area contributed by atoms with Crippen molar-refractivity contribution >= 4 is 24.3 Å². The maximum atomic E-state index is 7.99. The molecule has 0 amide bonds. The maximum absolute atomic E-state index is 7.99. The van der Waals surface area contributed by atoms with Crippen molar-refractivity contribution < 1.29 is 4.68 Å². The lowest BCUT2D eigenvalue weighted by atomic mass is 9.89. The van der Waals surface area contributed by atoms with Crippen molar-refractivity contribution in [3.8, 4) is 90.1 Å². The number of benzene rings is 11. The van der Waals surface area contributed by atoms with Crippen LogP contribution in [-0.4, -0.2) is 55.3 Å². The third-order valence-electron chi connectivity index (χ3n) is 17.5. The van der Waals surface area contributed by atoms with Gasteiger partial charge in [0.2, 0.25) is 5.69 Å². The van der Waals surface area contributed by atoms with Crippen molar-refractivity contribution in [3.05, 3.63) is 358 Å². The summed E-state index contributed by atoms with van der Waals surface area (Å²) in [6.45, 7) is 3.04. The molecule has 11 aromatic carbocycles. The van der Waals surface area contributed by atoms with Gasteiger partial charge in [-0.05, 0) is 67.7 Å². The normalized spacial score (nSPS) is 11.7. The van der Waals surface area contributed by atoms with Crippen molar-refractivity contribution in [1.29, 1.82) is 0 Å². The summed E-state index contributed by atoms with van der Waals surface area (Å²) in [6, 6.07) is 102. The zero-order valence-electron chi connectivity index (χ0n) is 53.4. The molecule has 18 rings (SSSR count). The Morgan fingerprint density at radius 1 is 0.316 bits per heavy atom. The van der Waals surface area contributed by atoms with Gasteiger partial charge in [0.05, 0.1) is 43.3 Å². The summed E-state index contributed by atoms with van der Waals surface area (Å²) in [7, 11) is 0. The third-order valence-corrected chi connectivity index (χ3v) is 17.5. The maximum Gasteiger partial charge on any atom is 0.257 e. The smallest absolute Gasteiger partial charge is 0.240 e. The fourth-order valence-corrected chi connectivity index (χ4v) is 12.8. The van der Waals surface area contributed by atoms with E-state index in [2.05, 4.69) is 303 Å². The van der Waals surface area contributed by atoms with Gasteiger partial charge in [-0.2, -0.15) is 0 Å². The van der Waals surface area contributed by atoms with Crippen LogP contribution in [0.15, 0.2) is 302 Å². The van der Waals surface area contributed by atoms with Crippen LogP contribution < -0.4 is 4.68 Å². The Hall–Kier alpha value is -13.2. The number of hydrogen-bond donors (Lipinski definition) is 1. The molecule has 0 spiro atoms. The molecule has 0 unspecified atom stereocenters. The van der Waals surface area contributed by atoms with Gasteiger partial charge in [-0.15, -0.1) is 20.0 Å². The molecule has 1 N–H and O–H groups in total. The topological polar surface area (TPSA) is 173 Å². The molecule has 15 aromatic rings. The van der Waals surface area contributed by atoms with E-state index < -0.39 is 0 Å². The second kappa shape index (κ2) is 28.6. The van der Waals surface area contributed by atoms with Crippen LogP contribution in [0.3, 0.4) is 0 Å². The second-order valence-electron chi connectivity index (χ2n) is 23.8. The molecule has 0 saturated carbocycles. The summed E-state index contributed by atoms with van der Waals surface area (Å²) in [5.74, 6) is 0. The number of rotatable bonds is 10. The lowest BCUT2D eigenvalue weighted by Crippen LogP contribution is -2.38. The van der Waals surface area contributed by atoms with Crippen molar-refractivity contribution in [2.75, 3.05) is 0 Å². The molecular formula is C83H64N15+. The first-order chi connectivity index (χ1) is 48.6. The highest BCUT2D eigenvalue weighted by Gasteiger charge is 2.35. The van der Waals surface area contributed by atoms with Gasteiger partial charge in [0, 0.05) is 54.5 Å². The number of azide groups is 1. The summed E-state index contributed by atoms with van der Waals surface area (Å²) < 4.78 is 8.16. The molecule has 0 atom stereocenters. The van der Waals surface area contributed by atoms with E-state index in [-0.39, 0.29) is 0 Å². The van der Waals surface area contributed by atoms with Crippen molar-refractivity contribution in [2.24, 2.45) is 5.11 Å². The number of hydrogen-bond acceptors (Lipinski definition) is 8. The van der Waals surface area contributed by atoms with E-state index in [1.54, 1.807) is 0 Å². The van der Waals surface area contributed by atoms with Crippen LogP contribution in [0.25, 0.3) is 125 Å². The van der Waals surface area contributed by atoms with Crippen molar-refractivity contribution in [1.82, 2.24) is 55.3 Å². The van der Waals surface area contributed by atoms with E-state index in [1.807, 2.05) is 68.6 Å². The lowest BCUT2D eigenvalue weighted by Gasteiger charge is -2.18. The van der Waals surface area contributed by atoms with Gasteiger partial charge in [0.25, 0.3) is 5.69 Å². The Morgan fingerprint density at radius 2 is 0.602 bits per heavy atom. The number of nitrogens with one attached hydrogen (secondary N) is 1. The van der Waals surface area contributed by atoms with Crippen LogP contribution in [0, 0.1) is 0 Å². The Labute approximate surface area is 566 Å². The zero-order chi connectivity index (χ0) is 65.8. The van der Waals surface area contributed by atoms with Crippen LogP contribution in [0.4, 0.5) is 0 Å². The number of fused-ring (bicyclic) bond motifs is 18. The Morgan fingerprint density at radius 3 is 0.969 bits per heavy atom. The third kappa shape index (κ3) is 12.9. The zero-order valence-corrected chi connectivity index (χ0v) is 53.4. The molecule has 0 aliphatic heterocycles. The van der Waals surface area contributed by atoms with Gasteiger partial charge in [-0.1, -0.05) is 335 Å². The van der Waals surface area contributed by atoms with Gasteiger partial charge in [0.1, 0.15) is 23.6 Å². The Bertz CT molecular complexity index is 5020. The summed E-state index contributed by atoms with van der Waals surface area (Å²) >= 11 is 0. The lowest BCUT2D eigenvalue weighted by molar-refractivity contribution is -0.735. The van der Waals surface area contributed by atoms with Crippen LogP contribution >= 0.6 is 0 Å². The van der Waals surface area contributed by atoms with Crippen LogP contribution in [-0.2, 0) is 32.7 Å². The summed E-state index contributed by atoms with van der Waals surface area (Å²) in [5, 5.41) is 39.6. The average Bonchev–Trinajstić information content (AvgIpc) is 1.57. The van der Waals surface area contributed by atoms with Crippen LogP contribution in [0.2, 0.25) is 0 Å². The van der Waals surface area contributed by atoms with Crippen molar-refractivity contribution in [2.45, 2.75) is 32.7 Å². The molecule has 4 heterocycles. The SMILES string of the molecule is C1=Cc2ccccc2/C=C\c2ccccc21.[N-]=[N+]=NCc1ccccc1.c1ccc(Cn2nnc3c2-c2ccccc2-c2c(n[nH][n+]2Cc2ccccc2)-c2ccccc2-3)cc1.c1ccc(Cn2nnc3c2-c2ccccc2-c2nnn(Cc4ccccc4)c2-c2ccccc2-3)cc1. The van der Waals surface area contributed by atoms with E-state index in [0.29, 0.717) is 32.7 Å². The summed E-state index contributed by atoms with van der Waals surface area (Å²) in [5.41, 5.74) is 34.8. The minimum atomic E-state index is 0.442.